The minimum atomic E-state index is 0.429. The summed E-state index contributed by atoms with van der Waals surface area (Å²) in [5, 5.41) is 25.8. The second-order valence-corrected chi connectivity index (χ2v) is 11.2. The zero-order valence-electron chi connectivity index (χ0n) is 23.4. The quantitative estimate of drug-likeness (QED) is 0.203. The average molecular weight is 580 g/mol. The van der Waals surface area contributed by atoms with Gasteiger partial charge in [0.2, 0.25) is 11.8 Å². The molecule has 1 N–H and O–H groups in total. The summed E-state index contributed by atoms with van der Waals surface area (Å²) in [6.07, 6.45) is 1.97. The lowest BCUT2D eigenvalue weighted by Crippen LogP contribution is -2.01. The normalized spacial score (nSPS) is 11.1. The van der Waals surface area contributed by atoms with E-state index >= 15 is 0 Å². The van der Waals surface area contributed by atoms with E-state index in [4.69, 9.17) is 9.72 Å². The van der Waals surface area contributed by atoms with Crippen molar-refractivity contribution >= 4 is 44.0 Å². The molecule has 0 bridgehead atoms. The van der Waals surface area contributed by atoms with Crippen LogP contribution < -0.4 is 10.1 Å². The smallest absolute Gasteiger partial charge is 0.242 e. The summed E-state index contributed by atoms with van der Waals surface area (Å²) in [5.74, 6) is 1.59. The van der Waals surface area contributed by atoms with Crippen LogP contribution in [0.3, 0.4) is 0 Å². The highest BCUT2D eigenvalue weighted by molar-refractivity contribution is 7.17. The molecule has 43 heavy (non-hydrogen) atoms. The lowest BCUT2D eigenvalue weighted by Gasteiger charge is -2.13. The summed E-state index contributed by atoms with van der Waals surface area (Å²) < 4.78 is 9.05. The maximum atomic E-state index is 9.30. The van der Waals surface area contributed by atoms with Crippen molar-refractivity contribution in [3.63, 3.8) is 0 Å². The van der Waals surface area contributed by atoms with Gasteiger partial charge in [-0.2, -0.15) is 10.2 Å². The molecule has 3 heterocycles. The first kappa shape index (κ1) is 26.3. The van der Waals surface area contributed by atoms with Crippen molar-refractivity contribution in [3.05, 3.63) is 119 Å². The van der Waals surface area contributed by atoms with E-state index in [1.807, 2.05) is 72.6 Å². The van der Waals surface area contributed by atoms with E-state index in [0.29, 0.717) is 29.7 Å². The Labute approximate surface area is 251 Å². The first-order valence-electron chi connectivity index (χ1n) is 13.7. The molecule has 7 rings (SSSR count). The van der Waals surface area contributed by atoms with Gasteiger partial charge in [-0.1, -0.05) is 59.8 Å². The van der Waals surface area contributed by atoms with E-state index < -0.39 is 0 Å². The number of rotatable bonds is 7. The Bertz CT molecular complexity index is 2130. The van der Waals surface area contributed by atoms with Crippen LogP contribution in [0, 0.1) is 25.2 Å². The number of hydrogen-bond donors (Lipinski definition) is 1. The van der Waals surface area contributed by atoms with Crippen molar-refractivity contribution < 1.29 is 4.74 Å². The zero-order chi connectivity index (χ0) is 29.3. The van der Waals surface area contributed by atoms with Gasteiger partial charge in [0.1, 0.15) is 16.1 Å². The highest BCUT2D eigenvalue weighted by atomic mass is 32.1. The molecule has 0 amide bonds. The largest absolute Gasteiger partial charge is 0.437 e. The minimum absolute atomic E-state index is 0.429. The molecule has 0 atom stereocenters. The lowest BCUT2D eigenvalue weighted by atomic mass is 10.0. The SMILES string of the molecule is Cc1cc(C#N)cc(C)c1Oc1nc(Nc2ccc(-c3cn(Cc4cccc5ccccc45)nn3)cc2)nc2ccsc12. The van der Waals surface area contributed by atoms with Crippen LogP contribution in [0.15, 0.2) is 96.5 Å². The van der Waals surface area contributed by atoms with Crippen LogP contribution in [0.1, 0.15) is 22.3 Å². The molecule has 3 aromatic heterocycles. The number of benzene rings is 4. The van der Waals surface area contributed by atoms with Crippen LogP contribution in [-0.4, -0.2) is 25.0 Å². The van der Waals surface area contributed by atoms with Gasteiger partial charge in [-0.15, -0.1) is 16.4 Å². The van der Waals surface area contributed by atoms with Crippen molar-refractivity contribution in [2.75, 3.05) is 5.32 Å². The fraction of sp³-hybridized carbons (Fsp3) is 0.0882. The van der Waals surface area contributed by atoms with Gasteiger partial charge >= 0.3 is 0 Å². The predicted octanol–water partition coefficient (Wildman–Crippen LogP) is 8.18. The first-order chi connectivity index (χ1) is 21.0. The van der Waals surface area contributed by atoms with Crippen molar-refractivity contribution in [2.24, 2.45) is 0 Å². The third-order valence-corrected chi connectivity index (χ3v) is 8.14. The first-order valence-corrected chi connectivity index (χ1v) is 14.6. The van der Waals surface area contributed by atoms with Crippen molar-refractivity contribution in [1.29, 1.82) is 5.26 Å². The van der Waals surface area contributed by atoms with Gasteiger partial charge < -0.3 is 10.1 Å². The van der Waals surface area contributed by atoms with Gasteiger partial charge in [0, 0.05) is 11.3 Å². The Balaban J connectivity index is 1.10. The molecule has 7 aromatic rings. The molecule has 8 nitrogen and oxygen atoms in total. The summed E-state index contributed by atoms with van der Waals surface area (Å²) in [6.45, 7) is 4.50. The molecule has 0 spiro atoms. The minimum Gasteiger partial charge on any atom is -0.437 e. The number of hydrogen-bond acceptors (Lipinski definition) is 8. The number of aromatic nitrogens is 5. The Morgan fingerprint density at radius 3 is 2.53 bits per heavy atom. The van der Waals surface area contributed by atoms with Gasteiger partial charge in [0.25, 0.3) is 0 Å². The van der Waals surface area contributed by atoms with Crippen molar-refractivity contribution in [2.45, 2.75) is 20.4 Å². The average Bonchev–Trinajstić information content (AvgIpc) is 3.69. The van der Waals surface area contributed by atoms with Crippen LogP contribution >= 0.6 is 11.3 Å². The number of fused-ring (bicyclic) bond motifs is 2. The van der Waals surface area contributed by atoms with E-state index in [1.165, 1.54) is 27.7 Å². The molecule has 0 unspecified atom stereocenters. The Hall–Kier alpha value is -5.59. The lowest BCUT2D eigenvalue weighted by molar-refractivity contribution is 0.463. The van der Waals surface area contributed by atoms with E-state index in [0.717, 1.165) is 38.3 Å². The summed E-state index contributed by atoms with van der Waals surface area (Å²) in [6, 6.07) is 30.4. The van der Waals surface area contributed by atoms with Crippen LogP contribution in [-0.2, 0) is 6.54 Å². The van der Waals surface area contributed by atoms with Gasteiger partial charge in [-0.05, 0) is 77.0 Å². The molecule has 0 radical (unpaired) electrons. The molecule has 9 heteroatoms. The molecule has 0 aliphatic rings. The maximum absolute atomic E-state index is 9.30. The third-order valence-electron chi connectivity index (χ3n) is 7.25. The summed E-state index contributed by atoms with van der Waals surface area (Å²) >= 11 is 1.52. The van der Waals surface area contributed by atoms with Crippen molar-refractivity contribution in [3.8, 4) is 29.0 Å². The molecular formula is C34H25N7OS. The van der Waals surface area contributed by atoms with Crippen LogP contribution in [0.5, 0.6) is 11.6 Å². The summed E-state index contributed by atoms with van der Waals surface area (Å²) in [5.41, 5.74) is 6.93. The van der Waals surface area contributed by atoms with E-state index in [-0.39, 0.29) is 0 Å². The summed E-state index contributed by atoms with van der Waals surface area (Å²) in [7, 11) is 0. The highest BCUT2D eigenvalue weighted by Gasteiger charge is 2.15. The molecule has 0 saturated heterocycles. The van der Waals surface area contributed by atoms with E-state index in [2.05, 4.69) is 69.1 Å². The number of nitrogens with one attached hydrogen (secondary N) is 1. The molecule has 0 aliphatic heterocycles. The fourth-order valence-corrected chi connectivity index (χ4v) is 5.96. The summed E-state index contributed by atoms with van der Waals surface area (Å²) in [4.78, 5) is 9.40. The molecule has 4 aromatic carbocycles. The number of thiophene rings is 1. The molecule has 0 aliphatic carbocycles. The van der Waals surface area contributed by atoms with Crippen LogP contribution in [0.2, 0.25) is 0 Å². The Morgan fingerprint density at radius 2 is 1.72 bits per heavy atom. The second-order valence-electron chi connectivity index (χ2n) is 10.3. The second kappa shape index (κ2) is 11.0. The Morgan fingerprint density at radius 1 is 0.930 bits per heavy atom. The fourth-order valence-electron chi connectivity index (χ4n) is 5.20. The standard InChI is InChI=1S/C34H25N7OS/c1-21-16-23(18-35)17-22(2)31(21)42-33-32-29(14-15-43-32)37-34(38-33)36-27-12-10-25(11-13-27)30-20-41(40-39-30)19-26-8-5-7-24-6-3-4-9-28(24)26/h3-17,20H,19H2,1-2H3,(H,36,37,38). The Kier molecular flexibility index (Phi) is 6.74. The monoisotopic (exact) mass is 579 g/mol. The van der Waals surface area contributed by atoms with Gasteiger partial charge in [-0.25, -0.2) is 9.67 Å². The van der Waals surface area contributed by atoms with Crippen molar-refractivity contribution in [1.82, 2.24) is 25.0 Å². The molecule has 0 saturated carbocycles. The number of nitriles is 1. The van der Waals surface area contributed by atoms with E-state index in [1.54, 1.807) is 0 Å². The van der Waals surface area contributed by atoms with Gasteiger partial charge in [0.15, 0.2) is 0 Å². The maximum Gasteiger partial charge on any atom is 0.242 e. The number of anilines is 2. The van der Waals surface area contributed by atoms with Gasteiger partial charge in [0.05, 0.1) is 29.9 Å². The number of aryl methyl sites for hydroxylation is 2. The van der Waals surface area contributed by atoms with Crippen LogP contribution in [0.4, 0.5) is 11.6 Å². The number of ether oxygens (including phenoxy) is 1. The molecule has 0 fully saturated rings. The van der Waals surface area contributed by atoms with E-state index in [9.17, 15) is 5.26 Å². The zero-order valence-corrected chi connectivity index (χ0v) is 24.3. The molecular weight excluding hydrogens is 554 g/mol. The third kappa shape index (κ3) is 5.27. The number of nitrogens with zero attached hydrogens (tertiary/aromatic N) is 6. The van der Waals surface area contributed by atoms with Gasteiger partial charge in [-0.3, -0.25) is 0 Å². The molecule has 208 valence electrons. The predicted molar refractivity (Wildman–Crippen MR) is 170 cm³/mol. The topological polar surface area (TPSA) is 102 Å². The van der Waals surface area contributed by atoms with Crippen LogP contribution in [0.25, 0.3) is 32.2 Å². The highest BCUT2D eigenvalue weighted by Crippen LogP contribution is 2.36.